The van der Waals surface area contributed by atoms with Gasteiger partial charge in [0.1, 0.15) is 17.7 Å². The molecule has 1 atom stereocenters. The van der Waals surface area contributed by atoms with E-state index in [0.717, 1.165) is 25.0 Å². The number of rotatable bonds is 0. The molecule has 1 rings (SSSR count). The van der Waals surface area contributed by atoms with Gasteiger partial charge in [-0.15, -0.1) is 0 Å². The summed E-state index contributed by atoms with van der Waals surface area (Å²) < 4.78 is 0. The zero-order valence-corrected chi connectivity index (χ0v) is 8.04. The van der Waals surface area contributed by atoms with Crippen molar-refractivity contribution in [1.29, 1.82) is 10.5 Å². The molecular weight excluding hydrogens is 162 g/mol. The van der Waals surface area contributed by atoms with Crippen molar-refractivity contribution in [3.63, 3.8) is 0 Å². The van der Waals surface area contributed by atoms with Crippen LogP contribution in [-0.4, -0.2) is 24.5 Å². The first-order valence-electron chi connectivity index (χ1n) is 4.41. The maximum absolute atomic E-state index is 8.69. The molecule has 0 radical (unpaired) electrons. The van der Waals surface area contributed by atoms with E-state index in [4.69, 9.17) is 10.5 Å². The molecule has 1 saturated heterocycles. The van der Waals surface area contributed by atoms with Gasteiger partial charge in [-0.25, -0.2) is 0 Å². The van der Waals surface area contributed by atoms with Crippen LogP contribution in [0.1, 0.15) is 19.8 Å². The van der Waals surface area contributed by atoms with Crippen LogP contribution in [-0.2, 0) is 0 Å². The van der Waals surface area contributed by atoms with Crippen molar-refractivity contribution in [2.45, 2.75) is 25.8 Å². The highest BCUT2D eigenvalue weighted by molar-refractivity contribution is 5.40. The van der Waals surface area contributed by atoms with Crippen molar-refractivity contribution in [3.05, 3.63) is 11.1 Å². The molecule has 68 valence electrons. The van der Waals surface area contributed by atoms with E-state index in [0.29, 0.717) is 11.6 Å². The molecule has 13 heavy (non-hydrogen) atoms. The maximum atomic E-state index is 8.69. The largest absolute Gasteiger partial charge is 0.303 e. The minimum Gasteiger partial charge on any atom is -0.303 e. The summed E-state index contributed by atoms with van der Waals surface area (Å²) in [6, 6.07) is 4.36. The lowest BCUT2D eigenvalue weighted by Crippen LogP contribution is -2.35. The Bertz CT molecular complexity index is 287. The third-order valence-corrected chi connectivity index (χ3v) is 2.64. The molecule has 0 N–H and O–H groups in total. The molecule has 0 spiro atoms. The van der Waals surface area contributed by atoms with Crippen molar-refractivity contribution in [2.75, 3.05) is 13.6 Å². The number of hydrogen-bond acceptors (Lipinski definition) is 3. The predicted molar refractivity (Wildman–Crippen MR) is 49.6 cm³/mol. The summed E-state index contributed by atoms with van der Waals surface area (Å²) in [5, 5.41) is 17.4. The zero-order valence-electron chi connectivity index (χ0n) is 8.04. The van der Waals surface area contributed by atoms with Crippen LogP contribution in [0.25, 0.3) is 0 Å². The first-order chi connectivity index (χ1) is 6.19. The predicted octanol–water partition coefficient (Wildman–Crippen LogP) is 1.44. The second-order valence-electron chi connectivity index (χ2n) is 3.49. The molecule has 0 aliphatic carbocycles. The molecule has 0 amide bonds. The first kappa shape index (κ1) is 9.77. The van der Waals surface area contributed by atoms with Crippen molar-refractivity contribution >= 4 is 0 Å². The molecule has 0 saturated carbocycles. The molecule has 1 fully saturated rings. The van der Waals surface area contributed by atoms with Gasteiger partial charge in [0.2, 0.25) is 0 Å². The molecular formula is C10H13N3. The molecule has 1 heterocycles. The van der Waals surface area contributed by atoms with E-state index in [2.05, 4.69) is 18.9 Å². The van der Waals surface area contributed by atoms with Crippen molar-refractivity contribution in [3.8, 4) is 12.1 Å². The van der Waals surface area contributed by atoms with Crippen LogP contribution < -0.4 is 0 Å². The number of nitriles is 2. The van der Waals surface area contributed by atoms with Gasteiger partial charge in [0.25, 0.3) is 0 Å². The SMILES string of the molecule is CC1CC(=C(C#N)C#N)CCN1C. The first-order valence-corrected chi connectivity index (χ1v) is 4.41. The molecule has 0 aromatic heterocycles. The second kappa shape index (κ2) is 4.07. The van der Waals surface area contributed by atoms with Crippen molar-refractivity contribution in [2.24, 2.45) is 0 Å². The van der Waals surface area contributed by atoms with Crippen LogP contribution in [0.2, 0.25) is 0 Å². The standard InChI is InChI=1S/C10H13N3/c1-8-5-9(3-4-13(8)2)10(6-11)7-12/h8H,3-5H2,1-2H3. The Morgan fingerprint density at radius 3 is 2.54 bits per heavy atom. The number of allylic oxidation sites excluding steroid dienone is 1. The Morgan fingerprint density at radius 2 is 2.08 bits per heavy atom. The fourth-order valence-corrected chi connectivity index (χ4v) is 1.56. The van der Waals surface area contributed by atoms with Gasteiger partial charge in [-0.1, -0.05) is 0 Å². The summed E-state index contributed by atoms with van der Waals surface area (Å²) in [7, 11) is 2.07. The molecule has 0 bridgehead atoms. The normalized spacial score (nSPS) is 23.4. The van der Waals surface area contributed by atoms with Crippen molar-refractivity contribution < 1.29 is 0 Å². The van der Waals surface area contributed by atoms with Gasteiger partial charge in [0, 0.05) is 12.6 Å². The Morgan fingerprint density at radius 1 is 1.46 bits per heavy atom. The van der Waals surface area contributed by atoms with Crippen LogP contribution in [0.3, 0.4) is 0 Å². The van der Waals surface area contributed by atoms with Crippen LogP contribution in [0.15, 0.2) is 11.1 Å². The molecule has 1 aliphatic rings. The van der Waals surface area contributed by atoms with Gasteiger partial charge in [-0.05, 0) is 32.4 Å². The van der Waals surface area contributed by atoms with E-state index in [1.807, 2.05) is 12.1 Å². The summed E-state index contributed by atoms with van der Waals surface area (Å²) in [5.41, 5.74) is 1.34. The molecule has 1 aliphatic heterocycles. The van der Waals surface area contributed by atoms with Crippen LogP contribution in [0, 0.1) is 22.7 Å². The van der Waals surface area contributed by atoms with Gasteiger partial charge in [-0.3, -0.25) is 0 Å². The third-order valence-electron chi connectivity index (χ3n) is 2.64. The van der Waals surface area contributed by atoms with E-state index in [1.165, 1.54) is 0 Å². The van der Waals surface area contributed by atoms with E-state index in [1.54, 1.807) is 0 Å². The van der Waals surface area contributed by atoms with Gasteiger partial charge < -0.3 is 4.90 Å². The number of likely N-dealkylation sites (tertiary alicyclic amines) is 1. The molecule has 0 aromatic carbocycles. The Labute approximate surface area is 78.9 Å². The van der Waals surface area contributed by atoms with Gasteiger partial charge in [0.15, 0.2) is 0 Å². The van der Waals surface area contributed by atoms with Gasteiger partial charge >= 0.3 is 0 Å². The quantitative estimate of drug-likeness (QED) is 0.523. The smallest absolute Gasteiger partial charge is 0.128 e. The lowest BCUT2D eigenvalue weighted by atomic mass is 9.94. The van der Waals surface area contributed by atoms with Crippen molar-refractivity contribution in [1.82, 2.24) is 4.90 Å². The minimum atomic E-state index is 0.319. The Kier molecular flexibility index (Phi) is 3.06. The Balaban J connectivity index is 2.82. The highest BCUT2D eigenvalue weighted by Crippen LogP contribution is 2.22. The van der Waals surface area contributed by atoms with E-state index < -0.39 is 0 Å². The summed E-state index contributed by atoms with van der Waals surface area (Å²) in [6.07, 6.45) is 1.71. The third kappa shape index (κ3) is 2.08. The summed E-state index contributed by atoms with van der Waals surface area (Å²) in [4.78, 5) is 2.25. The highest BCUT2D eigenvalue weighted by atomic mass is 15.1. The second-order valence-corrected chi connectivity index (χ2v) is 3.49. The minimum absolute atomic E-state index is 0.319. The maximum Gasteiger partial charge on any atom is 0.128 e. The summed E-state index contributed by atoms with van der Waals surface area (Å²) in [6.45, 7) is 3.06. The summed E-state index contributed by atoms with van der Waals surface area (Å²) >= 11 is 0. The molecule has 0 aromatic rings. The lowest BCUT2D eigenvalue weighted by Gasteiger charge is -2.31. The number of hydrogen-bond donors (Lipinski definition) is 0. The average Bonchev–Trinajstić information content (AvgIpc) is 2.13. The Hall–Kier alpha value is -1.32. The molecule has 3 nitrogen and oxygen atoms in total. The van der Waals surface area contributed by atoms with Crippen LogP contribution in [0.4, 0.5) is 0 Å². The van der Waals surface area contributed by atoms with Crippen LogP contribution in [0.5, 0.6) is 0 Å². The fourth-order valence-electron chi connectivity index (χ4n) is 1.56. The molecule has 3 heteroatoms. The number of nitrogens with zero attached hydrogens (tertiary/aromatic N) is 3. The van der Waals surface area contributed by atoms with Crippen LogP contribution >= 0.6 is 0 Å². The van der Waals surface area contributed by atoms with E-state index in [9.17, 15) is 0 Å². The topological polar surface area (TPSA) is 50.8 Å². The van der Waals surface area contributed by atoms with Gasteiger partial charge in [-0.2, -0.15) is 10.5 Å². The highest BCUT2D eigenvalue weighted by Gasteiger charge is 2.20. The fraction of sp³-hybridized carbons (Fsp3) is 0.600. The monoisotopic (exact) mass is 175 g/mol. The summed E-state index contributed by atoms with van der Waals surface area (Å²) in [5.74, 6) is 0. The number of piperidine rings is 1. The molecule has 1 unspecified atom stereocenters. The zero-order chi connectivity index (χ0) is 9.84. The average molecular weight is 175 g/mol. The van der Waals surface area contributed by atoms with E-state index >= 15 is 0 Å². The van der Waals surface area contributed by atoms with E-state index in [-0.39, 0.29) is 0 Å². The lowest BCUT2D eigenvalue weighted by molar-refractivity contribution is 0.231. The van der Waals surface area contributed by atoms with Gasteiger partial charge in [0.05, 0.1) is 0 Å².